The van der Waals surface area contributed by atoms with Crippen molar-refractivity contribution in [1.29, 1.82) is 0 Å². The molecule has 0 saturated carbocycles. The number of aromatic amines is 1. The third-order valence-corrected chi connectivity index (χ3v) is 6.00. The standard InChI is InChI=1S/C17H18BrN5O3S/c1-3-11(13(19)24)27-17-20-14-12(15(25)21-16(26)22(14)2)23(17)8-9-5-4-6-10(18)7-9/h4-7,11H,3,8H2,1-2H3,(H2,19,24)(H,21,25,26). The van der Waals surface area contributed by atoms with Gasteiger partial charge in [0, 0.05) is 11.5 Å². The molecule has 3 aromatic rings. The van der Waals surface area contributed by atoms with Gasteiger partial charge in [-0.15, -0.1) is 0 Å². The third-order valence-electron chi connectivity index (χ3n) is 4.14. The summed E-state index contributed by atoms with van der Waals surface area (Å²) in [7, 11) is 1.54. The van der Waals surface area contributed by atoms with Gasteiger partial charge < -0.3 is 10.3 Å². The quantitative estimate of drug-likeness (QED) is 0.551. The van der Waals surface area contributed by atoms with E-state index in [1.165, 1.54) is 23.4 Å². The van der Waals surface area contributed by atoms with E-state index < -0.39 is 22.4 Å². The van der Waals surface area contributed by atoms with Crippen LogP contribution in [0.5, 0.6) is 0 Å². The van der Waals surface area contributed by atoms with Crippen molar-refractivity contribution in [2.75, 3.05) is 0 Å². The van der Waals surface area contributed by atoms with Crippen molar-refractivity contribution in [2.45, 2.75) is 30.3 Å². The third kappa shape index (κ3) is 3.86. The highest BCUT2D eigenvalue weighted by Gasteiger charge is 2.23. The van der Waals surface area contributed by atoms with E-state index in [-0.39, 0.29) is 11.2 Å². The number of nitrogens with two attached hydrogens (primary N) is 1. The van der Waals surface area contributed by atoms with Crippen molar-refractivity contribution in [3.05, 3.63) is 55.1 Å². The molecular formula is C17H18BrN5O3S. The van der Waals surface area contributed by atoms with E-state index in [0.29, 0.717) is 18.1 Å². The van der Waals surface area contributed by atoms with Crippen molar-refractivity contribution in [3.63, 3.8) is 0 Å². The van der Waals surface area contributed by atoms with Crippen LogP contribution >= 0.6 is 27.7 Å². The first-order valence-electron chi connectivity index (χ1n) is 8.21. The van der Waals surface area contributed by atoms with Gasteiger partial charge >= 0.3 is 5.69 Å². The van der Waals surface area contributed by atoms with Gasteiger partial charge in [-0.1, -0.05) is 46.7 Å². The topological polar surface area (TPSA) is 116 Å². The van der Waals surface area contributed by atoms with Gasteiger partial charge in [-0.25, -0.2) is 9.78 Å². The average molecular weight is 452 g/mol. The summed E-state index contributed by atoms with van der Waals surface area (Å²) < 4.78 is 3.90. The lowest BCUT2D eigenvalue weighted by molar-refractivity contribution is -0.117. The summed E-state index contributed by atoms with van der Waals surface area (Å²) >= 11 is 4.63. The summed E-state index contributed by atoms with van der Waals surface area (Å²) in [6, 6.07) is 7.65. The predicted molar refractivity (Wildman–Crippen MR) is 108 cm³/mol. The maximum absolute atomic E-state index is 12.5. The molecule has 1 unspecified atom stereocenters. The molecule has 0 radical (unpaired) electrons. The number of carbonyl (C=O) groups excluding carboxylic acids is 1. The number of aromatic nitrogens is 4. The normalized spacial score (nSPS) is 12.4. The van der Waals surface area contributed by atoms with Crippen molar-refractivity contribution in [3.8, 4) is 0 Å². The molecule has 0 spiro atoms. The van der Waals surface area contributed by atoms with Crippen LogP contribution in [0.1, 0.15) is 18.9 Å². The average Bonchev–Trinajstić information content (AvgIpc) is 2.96. The molecule has 3 N–H and O–H groups in total. The van der Waals surface area contributed by atoms with Crippen LogP contribution in [0.2, 0.25) is 0 Å². The number of fused-ring (bicyclic) bond motifs is 1. The molecule has 27 heavy (non-hydrogen) atoms. The van der Waals surface area contributed by atoms with Crippen LogP contribution in [0.25, 0.3) is 11.2 Å². The molecular weight excluding hydrogens is 434 g/mol. The van der Waals surface area contributed by atoms with Crippen LogP contribution < -0.4 is 17.0 Å². The lowest BCUT2D eigenvalue weighted by atomic mass is 10.2. The lowest BCUT2D eigenvalue weighted by Gasteiger charge is -2.12. The Labute approximate surface area is 166 Å². The first-order valence-corrected chi connectivity index (χ1v) is 9.89. The van der Waals surface area contributed by atoms with E-state index >= 15 is 0 Å². The molecule has 0 saturated heterocycles. The molecule has 1 amide bonds. The molecule has 0 aliphatic rings. The predicted octanol–water partition coefficient (Wildman–Crippen LogP) is 1.59. The minimum absolute atomic E-state index is 0.264. The second kappa shape index (κ2) is 7.73. The van der Waals surface area contributed by atoms with Gasteiger partial charge in [0.25, 0.3) is 5.56 Å². The molecule has 2 heterocycles. The van der Waals surface area contributed by atoms with Crippen molar-refractivity contribution in [1.82, 2.24) is 19.1 Å². The summed E-state index contributed by atoms with van der Waals surface area (Å²) in [4.78, 5) is 42.9. The number of imidazole rings is 1. The van der Waals surface area contributed by atoms with E-state index in [1.54, 1.807) is 4.57 Å². The Kier molecular flexibility index (Phi) is 5.56. The summed E-state index contributed by atoms with van der Waals surface area (Å²) in [6.45, 7) is 2.21. The molecule has 142 valence electrons. The monoisotopic (exact) mass is 451 g/mol. The highest BCUT2D eigenvalue weighted by atomic mass is 79.9. The molecule has 1 atom stereocenters. The molecule has 0 bridgehead atoms. The number of thioether (sulfide) groups is 1. The van der Waals surface area contributed by atoms with Crippen LogP contribution in [0.4, 0.5) is 0 Å². The fourth-order valence-corrected chi connectivity index (χ4v) is 4.15. The second-order valence-corrected chi connectivity index (χ2v) is 8.10. The Morgan fingerprint density at radius 1 is 1.41 bits per heavy atom. The highest BCUT2D eigenvalue weighted by Crippen LogP contribution is 2.28. The Hall–Kier alpha value is -2.33. The van der Waals surface area contributed by atoms with Gasteiger partial charge in [0.2, 0.25) is 5.91 Å². The van der Waals surface area contributed by atoms with Gasteiger partial charge in [0.1, 0.15) is 0 Å². The maximum Gasteiger partial charge on any atom is 0.329 e. The highest BCUT2D eigenvalue weighted by molar-refractivity contribution is 9.10. The van der Waals surface area contributed by atoms with Crippen molar-refractivity contribution in [2.24, 2.45) is 12.8 Å². The van der Waals surface area contributed by atoms with Crippen molar-refractivity contribution < 1.29 is 4.79 Å². The largest absolute Gasteiger partial charge is 0.369 e. The Morgan fingerprint density at radius 3 is 2.78 bits per heavy atom. The fourth-order valence-electron chi connectivity index (χ4n) is 2.74. The van der Waals surface area contributed by atoms with Crippen LogP contribution in [-0.4, -0.2) is 30.3 Å². The molecule has 0 aliphatic heterocycles. The Morgan fingerprint density at radius 2 is 2.15 bits per heavy atom. The Balaban J connectivity index is 2.22. The minimum atomic E-state index is -0.543. The number of aryl methyl sites for hydroxylation is 1. The molecule has 3 rings (SSSR count). The number of H-pyrrole nitrogens is 1. The van der Waals surface area contributed by atoms with Gasteiger partial charge in [0.05, 0.1) is 11.8 Å². The zero-order chi connectivity index (χ0) is 19.7. The first kappa shape index (κ1) is 19.4. The molecule has 8 nitrogen and oxygen atoms in total. The minimum Gasteiger partial charge on any atom is -0.369 e. The number of halogens is 1. The lowest BCUT2D eigenvalue weighted by Crippen LogP contribution is -2.29. The molecule has 10 heteroatoms. The maximum atomic E-state index is 12.5. The fraction of sp³-hybridized carbons (Fsp3) is 0.294. The van der Waals surface area contributed by atoms with Crippen LogP contribution in [-0.2, 0) is 18.4 Å². The summed E-state index contributed by atoms with van der Waals surface area (Å²) in [5.41, 5.74) is 5.88. The second-order valence-electron chi connectivity index (χ2n) is 6.02. The number of primary amides is 1. The van der Waals surface area contributed by atoms with Crippen molar-refractivity contribution >= 4 is 44.8 Å². The SMILES string of the molecule is CCC(Sc1nc2c(c(=O)[nH]c(=O)n2C)n1Cc1cccc(Br)c1)C(N)=O. The number of hydrogen-bond acceptors (Lipinski definition) is 5. The number of nitrogens with one attached hydrogen (secondary N) is 1. The summed E-state index contributed by atoms with van der Waals surface area (Å²) in [5.74, 6) is -0.452. The van der Waals surface area contributed by atoms with E-state index in [4.69, 9.17) is 5.73 Å². The van der Waals surface area contributed by atoms with Gasteiger partial charge in [-0.3, -0.25) is 19.1 Å². The smallest absolute Gasteiger partial charge is 0.329 e. The molecule has 0 fully saturated rings. The van der Waals surface area contributed by atoms with E-state index in [2.05, 4.69) is 25.9 Å². The summed E-state index contributed by atoms with van der Waals surface area (Å²) in [6.07, 6.45) is 0.523. The van der Waals surface area contributed by atoms with E-state index in [1.807, 2.05) is 31.2 Å². The molecule has 0 aliphatic carbocycles. The number of hydrogen-bond donors (Lipinski definition) is 2. The number of benzene rings is 1. The van der Waals surface area contributed by atoms with Crippen LogP contribution in [0.3, 0.4) is 0 Å². The van der Waals surface area contributed by atoms with Crippen LogP contribution in [0.15, 0.2) is 43.5 Å². The molecule has 1 aromatic carbocycles. The summed E-state index contributed by atoms with van der Waals surface area (Å²) in [5, 5.41) is -0.0264. The Bertz CT molecular complexity index is 1130. The number of amides is 1. The zero-order valence-electron chi connectivity index (χ0n) is 14.7. The molecule has 2 aromatic heterocycles. The van der Waals surface area contributed by atoms with Gasteiger partial charge in [-0.05, 0) is 24.1 Å². The van der Waals surface area contributed by atoms with Gasteiger partial charge in [-0.2, -0.15) is 0 Å². The van der Waals surface area contributed by atoms with Gasteiger partial charge in [0.15, 0.2) is 16.3 Å². The zero-order valence-corrected chi connectivity index (χ0v) is 17.1. The number of rotatable bonds is 6. The van der Waals surface area contributed by atoms with E-state index in [9.17, 15) is 14.4 Å². The first-order chi connectivity index (χ1) is 12.8. The van der Waals surface area contributed by atoms with Crippen LogP contribution in [0, 0.1) is 0 Å². The van der Waals surface area contributed by atoms with E-state index in [0.717, 1.165) is 10.0 Å². The number of nitrogens with zero attached hydrogens (tertiary/aromatic N) is 3. The number of carbonyl (C=O) groups is 1.